The molecule has 1 amide bonds. The summed E-state index contributed by atoms with van der Waals surface area (Å²) in [6.07, 6.45) is 1.84. The molecule has 1 aliphatic heterocycles. The van der Waals surface area contributed by atoms with Crippen LogP contribution < -0.4 is 14.4 Å². The van der Waals surface area contributed by atoms with E-state index in [0.717, 1.165) is 22.6 Å². The van der Waals surface area contributed by atoms with E-state index in [4.69, 9.17) is 21.7 Å². The third-order valence-corrected chi connectivity index (χ3v) is 6.40. The Kier molecular flexibility index (Phi) is 6.93. The van der Waals surface area contributed by atoms with Crippen molar-refractivity contribution in [3.63, 3.8) is 0 Å². The summed E-state index contributed by atoms with van der Waals surface area (Å²) < 4.78 is 12.2. The van der Waals surface area contributed by atoms with Crippen LogP contribution in [0.4, 0.5) is 5.69 Å². The summed E-state index contributed by atoms with van der Waals surface area (Å²) in [4.78, 5) is 15.3. The van der Waals surface area contributed by atoms with E-state index in [1.54, 1.807) is 4.90 Å². The number of amides is 1. The number of carbonyl (C=O) groups is 1. The van der Waals surface area contributed by atoms with E-state index in [-0.39, 0.29) is 5.91 Å². The van der Waals surface area contributed by atoms with Gasteiger partial charge in [0.05, 0.1) is 10.6 Å². The van der Waals surface area contributed by atoms with Crippen molar-refractivity contribution in [2.24, 2.45) is 0 Å². The van der Waals surface area contributed by atoms with Crippen LogP contribution in [0.15, 0.2) is 77.7 Å². The van der Waals surface area contributed by atoms with Crippen molar-refractivity contribution >= 4 is 46.0 Å². The Labute approximate surface area is 197 Å². The molecule has 1 fully saturated rings. The molecule has 0 spiro atoms. The lowest BCUT2D eigenvalue weighted by Gasteiger charge is -2.16. The molecule has 1 aliphatic rings. The maximum absolute atomic E-state index is 13.1. The highest BCUT2D eigenvalue weighted by Gasteiger charge is 2.33. The Morgan fingerprint density at radius 2 is 1.62 bits per heavy atom. The Morgan fingerprint density at radius 1 is 0.906 bits per heavy atom. The lowest BCUT2D eigenvalue weighted by Crippen LogP contribution is -2.27. The van der Waals surface area contributed by atoms with E-state index in [1.807, 2.05) is 92.7 Å². The number of aryl methyl sites for hydroxylation is 2. The number of para-hydroxylation sites is 2. The highest BCUT2D eigenvalue weighted by atomic mass is 32.2. The van der Waals surface area contributed by atoms with E-state index < -0.39 is 0 Å². The highest BCUT2D eigenvalue weighted by molar-refractivity contribution is 8.27. The van der Waals surface area contributed by atoms with Gasteiger partial charge in [-0.2, -0.15) is 0 Å². The predicted molar refractivity (Wildman–Crippen MR) is 135 cm³/mol. The first-order valence-electron chi connectivity index (χ1n) is 10.3. The van der Waals surface area contributed by atoms with Gasteiger partial charge in [-0.25, -0.2) is 0 Å². The van der Waals surface area contributed by atoms with Gasteiger partial charge in [-0.15, -0.1) is 0 Å². The summed E-state index contributed by atoms with van der Waals surface area (Å²) >= 11 is 6.82. The van der Waals surface area contributed by atoms with E-state index >= 15 is 0 Å². The quantitative estimate of drug-likeness (QED) is 0.239. The molecule has 1 saturated heterocycles. The Morgan fingerprint density at radius 3 is 2.41 bits per heavy atom. The van der Waals surface area contributed by atoms with Gasteiger partial charge in [0.25, 0.3) is 5.91 Å². The number of benzene rings is 3. The fourth-order valence-corrected chi connectivity index (χ4v) is 4.55. The topological polar surface area (TPSA) is 38.8 Å². The summed E-state index contributed by atoms with van der Waals surface area (Å²) in [5, 5.41) is 0. The van der Waals surface area contributed by atoms with Crippen LogP contribution in [0.25, 0.3) is 6.08 Å². The zero-order chi connectivity index (χ0) is 22.5. The summed E-state index contributed by atoms with van der Waals surface area (Å²) in [7, 11) is 0. The first-order valence-corrected chi connectivity index (χ1v) is 11.5. The minimum atomic E-state index is -0.120. The number of anilines is 1. The Bertz CT molecular complexity index is 1170. The van der Waals surface area contributed by atoms with Gasteiger partial charge in [-0.05, 0) is 61.4 Å². The first kappa shape index (κ1) is 22.1. The number of hydrogen-bond acceptors (Lipinski definition) is 5. The molecule has 32 heavy (non-hydrogen) atoms. The Hall–Kier alpha value is -3.09. The van der Waals surface area contributed by atoms with E-state index in [2.05, 4.69) is 0 Å². The lowest BCUT2D eigenvalue weighted by atomic mass is 10.1. The molecule has 0 radical (unpaired) electrons. The third kappa shape index (κ3) is 5.03. The molecule has 0 saturated carbocycles. The fraction of sp³-hybridized carbons (Fsp3) is 0.154. The molecule has 0 unspecified atom stereocenters. The first-order chi connectivity index (χ1) is 15.5. The fourth-order valence-electron chi connectivity index (χ4n) is 3.26. The molecule has 0 aliphatic carbocycles. The monoisotopic (exact) mass is 461 g/mol. The average molecular weight is 462 g/mol. The predicted octanol–water partition coefficient (Wildman–Crippen LogP) is 6.17. The summed E-state index contributed by atoms with van der Waals surface area (Å²) in [6.45, 7) is 4.89. The van der Waals surface area contributed by atoms with Crippen molar-refractivity contribution in [2.45, 2.75) is 13.8 Å². The van der Waals surface area contributed by atoms with E-state index in [1.165, 1.54) is 17.3 Å². The number of hydrogen-bond donors (Lipinski definition) is 0. The summed E-state index contributed by atoms with van der Waals surface area (Å²) in [6, 6.07) is 23.2. The van der Waals surface area contributed by atoms with Gasteiger partial charge in [0.1, 0.15) is 24.7 Å². The highest BCUT2D eigenvalue weighted by Crippen LogP contribution is 2.37. The van der Waals surface area contributed by atoms with Crippen molar-refractivity contribution < 1.29 is 14.3 Å². The third-order valence-electron chi connectivity index (χ3n) is 5.10. The second-order valence-corrected chi connectivity index (χ2v) is 9.01. The van der Waals surface area contributed by atoms with Crippen LogP contribution >= 0.6 is 24.0 Å². The van der Waals surface area contributed by atoms with Gasteiger partial charge in [0.15, 0.2) is 4.32 Å². The van der Waals surface area contributed by atoms with Crippen molar-refractivity contribution in [1.29, 1.82) is 0 Å². The molecule has 0 N–H and O–H groups in total. The zero-order valence-electron chi connectivity index (χ0n) is 17.9. The molecule has 3 aromatic carbocycles. The maximum Gasteiger partial charge on any atom is 0.270 e. The SMILES string of the molecule is Cc1ccc(N2C(=O)C(=Cc3ccccc3OCCOc3ccccc3)SC2=S)cc1C. The molecule has 162 valence electrons. The van der Waals surface area contributed by atoms with Gasteiger partial charge in [-0.3, -0.25) is 9.69 Å². The zero-order valence-corrected chi connectivity index (χ0v) is 19.5. The number of ether oxygens (including phenoxy) is 2. The van der Waals surface area contributed by atoms with E-state index in [0.29, 0.717) is 28.2 Å². The molecule has 0 aromatic heterocycles. The van der Waals surface area contributed by atoms with Crippen LogP contribution in [-0.2, 0) is 4.79 Å². The largest absolute Gasteiger partial charge is 0.490 e. The van der Waals surface area contributed by atoms with Crippen molar-refractivity contribution in [3.05, 3.63) is 94.4 Å². The molecule has 4 rings (SSSR count). The van der Waals surface area contributed by atoms with Crippen LogP contribution in [-0.4, -0.2) is 23.4 Å². The van der Waals surface area contributed by atoms with Crippen LogP contribution in [0.2, 0.25) is 0 Å². The van der Waals surface area contributed by atoms with Gasteiger partial charge >= 0.3 is 0 Å². The van der Waals surface area contributed by atoms with Gasteiger partial charge in [0, 0.05) is 5.56 Å². The second kappa shape index (κ2) is 10.0. The van der Waals surface area contributed by atoms with Crippen LogP contribution in [0.3, 0.4) is 0 Å². The standard InChI is InChI=1S/C26H23NO3S2/c1-18-12-13-21(16-19(18)2)27-25(28)24(32-26(27)31)17-20-8-6-7-11-23(20)30-15-14-29-22-9-4-3-5-10-22/h3-13,16-17H,14-15H2,1-2H3. The Balaban J connectivity index is 1.47. The van der Waals surface area contributed by atoms with Gasteiger partial charge in [0.2, 0.25) is 0 Å². The normalized spacial score (nSPS) is 14.8. The average Bonchev–Trinajstić information content (AvgIpc) is 3.08. The molecule has 6 heteroatoms. The minimum absolute atomic E-state index is 0.120. The van der Waals surface area contributed by atoms with Crippen molar-refractivity contribution in [1.82, 2.24) is 0 Å². The number of rotatable bonds is 7. The lowest BCUT2D eigenvalue weighted by molar-refractivity contribution is -0.113. The minimum Gasteiger partial charge on any atom is -0.490 e. The molecular weight excluding hydrogens is 438 g/mol. The number of carbonyl (C=O) groups excluding carboxylic acids is 1. The summed E-state index contributed by atoms with van der Waals surface area (Å²) in [5.41, 5.74) is 3.92. The number of nitrogens with zero attached hydrogens (tertiary/aromatic N) is 1. The van der Waals surface area contributed by atoms with Crippen molar-refractivity contribution in [2.75, 3.05) is 18.1 Å². The molecule has 4 nitrogen and oxygen atoms in total. The van der Waals surface area contributed by atoms with E-state index in [9.17, 15) is 4.79 Å². The van der Waals surface area contributed by atoms with Crippen LogP contribution in [0.1, 0.15) is 16.7 Å². The molecule has 1 heterocycles. The second-order valence-electron chi connectivity index (χ2n) is 7.33. The molecular formula is C26H23NO3S2. The molecule has 0 bridgehead atoms. The van der Waals surface area contributed by atoms with Gasteiger partial charge < -0.3 is 9.47 Å². The molecule has 0 atom stereocenters. The maximum atomic E-state index is 13.1. The number of thiocarbonyl (C=S) groups is 1. The van der Waals surface area contributed by atoms with Gasteiger partial charge in [-0.1, -0.05) is 66.4 Å². The molecule has 3 aromatic rings. The number of thioether (sulfide) groups is 1. The van der Waals surface area contributed by atoms with Crippen LogP contribution in [0, 0.1) is 13.8 Å². The van der Waals surface area contributed by atoms with Crippen LogP contribution in [0.5, 0.6) is 11.5 Å². The van der Waals surface area contributed by atoms with Crippen molar-refractivity contribution in [3.8, 4) is 11.5 Å². The smallest absolute Gasteiger partial charge is 0.270 e. The summed E-state index contributed by atoms with van der Waals surface area (Å²) in [5.74, 6) is 1.38.